The molecule has 3 N–H and O–H groups in total. The van der Waals surface area contributed by atoms with Gasteiger partial charge in [-0.15, -0.1) is 0 Å². The average Bonchev–Trinajstić information content (AvgIpc) is 2.86. The maximum absolute atomic E-state index is 13.9. The van der Waals surface area contributed by atoms with Gasteiger partial charge in [-0.05, 0) is 63.4 Å². The van der Waals surface area contributed by atoms with E-state index in [1.54, 1.807) is 18.2 Å². The van der Waals surface area contributed by atoms with Crippen molar-refractivity contribution in [3.8, 4) is 0 Å². The first-order valence-corrected chi connectivity index (χ1v) is 13.0. The van der Waals surface area contributed by atoms with Gasteiger partial charge < -0.3 is 15.7 Å². The smallest absolute Gasteiger partial charge is 0.269 e. The third-order valence-corrected chi connectivity index (χ3v) is 7.58. The largest absolute Gasteiger partial charge is 0.389 e. The molecule has 9 heteroatoms. The van der Waals surface area contributed by atoms with Crippen LogP contribution < -0.4 is 10.6 Å². The summed E-state index contributed by atoms with van der Waals surface area (Å²) in [4.78, 5) is 52.2. The summed E-state index contributed by atoms with van der Waals surface area (Å²) in [6, 6.07) is 16.5. The van der Waals surface area contributed by atoms with Gasteiger partial charge in [0.25, 0.3) is 5.69 Å². The number of hydrogen-bond acceptors (Lipinski definition) is 6. The number of benzene rings is 3. The standard InChI is InChI=1S/C31H33N3O6/c1-17-9-11-23(19(3)13-17)32-29(36)27-25(35)16-31(5,38)28(26(27)21-7-6-8-22(15-21)34(39)40)30(37)33-24-12-10-18(2)14-20(24)4/h6-15,26-28,38H,16H2,1-5H3,(H,32,36)(H,33,37)/t26-,27-,28+,31-/m0/s1. The van der Waals surface area contributed by atoms with Gasteiger partial charge in [0.15, 0.2) is 0 Å². The average molecular weight is 544 g/mol. The number of ketones is 1. The number of rotatable bonds is 6. The maximum atomic E-state index is 13.9. The minimum absolute atomic E-state index is 0.240. The lowest BCUT2D eigenvalue weighted by atomic mass is 9.61. The highest BCUT2D eigenvalue weighted by Crippen LogP contribution is 2.47. The van der Waals surface area contributed by atoms with E-state index in [0.29, 0.717) is 11.4 Å². The molecule has 0 saturated heterocycles. The Labute approximate surface area is 232 Å². The maximum Gasteiger partial charge on any atom is 0.269 e. The lowest BCUT2D eigenvalue weighted by Crippen LogP contribution is -2.56. The summed E-state index contributed by atoms with van der Waals surface area (Å²) >= 11 is 0. The molecule has 0 bridgehead atoms. The van der Waals surface area contributed by atoms with E-state index in [4.69, 9.17) is 0 Å². The number of amides is 2. The Morgan fingerprint density at radius 3 is 1.98 bits per heavy atom. The monoisotopic (exact) mass is 543 g/mol. The van der Waals surface area contributed by atoms with Crippen molar-refractivity contribution in [1.82, 2.24) is 0 Å². The van der Waals surface area contributed by atoms with E-state index < -0.39 is 52.3 Å². The van der Waals surface area contributed by atoms with Gasteiger partial charge in [0.05, 0.1) is 16.4 Å². The van der Waals surface area contributed by atoms with E-state index in [9.17, 15) is 29.6 Å². The van der Waals surface area contributed by atoms with Crippen molar-refractivity contribution in [2.45, 2.75) is 52.6 Å². The minimum Gasteiger partial charge on any atom is -0.389 e. The summed E-state index contributed by atoms with van der Waals surface area (Å²) in [7, 11) is 0. The molecule has 0 radical (unpaired) electrons. The van der Waals surface area contributed by atoms with Crippen LogP contribution in [-0.2, 0) is 14.4 Å². The fourth-order valence-corrected chi connectivity index (χ4v) is 5.67. The Bertz CT molecular complexity index is 1510. The van der Waals surface area contributed by atoms with Gasteiger partial charge in [-0.25, -0.2) is 0 Å². The van der Waals surface area contributed by atoms with E-state index in [-0.39, 0.29) is 11.3 Å². The van der Waals surface area contributed by atoms with Gasteiger partial charge in [0, 0.05) is 35.8 Å². The van der Waals surface area contributed by atoms with Crippen LogP contribution >= 0.6 is 0 Å². The number of nitrogens with one attached hydrogen (secondary N) is 2. The Kier molecular flexibility index (Phi) is 7.88. The molecule has 4 atom stereocenters. The molecule has 1 fully saturated rings. The molecule has 40 heavy (non-hydrogen) atoms. The fourth-order valence-electron chi connectivity index (χ4n) is 5.67. The van der Waals surface area contributed by atoms with Crippen molar-refractivity contribution in [1.29, 1.82) is 0 Å². The van der Waals surface area contributed by atoms with Crippen LogP contribution in [-0.4, -0.2) is 33.2 Å². The predicted molar refractivity (Wildman–Crippen MR) is 152 cm³/mol. The summed E-state index contributed by atoms with van der Waals surface area (Å²) in [6.07, 6.45) is -0.436. The number of nitro groups is 1. The van der Waals surface area contributed by atoms with Crippen LogP contribution in [0.4, 0.5) is 17.1 Å². The zero-order valence-corrected chi connectivity index (χ0v) is 23.1. The minimum atomic E-state index is -1.83. The molecule has 1 aliphatic carbocycles. The summed E-state index contributed by atoms with van der Waals surface area (Å²) in [6.45, 7) is 8.90. The van der Waals surface area contributed by atoms with Crippen molar-refractivity contribution in [3.05, 3.63) is 98.6 Å². The second-order valence-electron chi connectivity index (χ2n) is 10.9. The highest BCUT2D eigenvalue weighted by atomic mass is 16.6. The molecular formula is C31H33N3O6. The number of non-ortho nitro benzene ring substituents is 1. The first-order chi connectivity index (χ1) is 18.8. The van der Waals surface area contributed by atoms with E-state index in [0.717, 1.165) is 22.3 Å². The second kappa shape index (κ2) is 11.0. The third-order valence-electron chi connectivity index (χ3n) is 7.58. The van der Waals surface area contributed by atoms with Crippen molar-refractivity contribution < 1.29 is 24.4 Å². The second-order valence-corrected chi connectivity index (χ2v) is 10.9. The third kappa shape index (κ3) is 5.79. The van der Waals surface area contributed by atoms with Crippen LogP contribution in [0.3, 0.4) is 0 Å². The van der Waals surface area contributed by atoms with Gasteiger partial charge in [-0.1, -0.05) is 47.5 Å². The number of nitrogens with zero attached hydrogens (tertiary/aromatic N) is 1. The van der Waals surface area contributed by atoms with Crippen LogP contribution in [0.15, 0.2) is 60.7 Å². The first-order valence-electron chi connectivity index (χ1n) is 13.0. The number of aryl methyl sites for hydroxylation is 4. The molecule has 9 nitrogen and oxygen atoms in total. The van der Waals surface area contributed by atoms with Crippen LogP contribution in [0.2, 0.25) is 0 Å². The lowest BCUT2D eigenvalue weighted by Gasteiger charge is -2.44. The lowest BCUT2D eigenvalue weighted by molar-refractivity contribution is -0.385. The molecule has 0 spiro atoms. The fraction of sp³-hybridized carbons (Fsp3) is 0.323. The number of carbonyl (C=O) groups is 3. The van der Waals surface area contributed by atoms with Crippen molar-refractivity contribution in [3.63, 3.8) is 0 Å². The van der Waals surface area contributed by atoms with Crippen LogP contribution in [0, 0.1) is 49.6 Å². The van der Waals surface area contributed by atoms with Gasteiger partial charge in [0.1, 0.15) is 11.7 Å². The van der Waals surface area contributed by atoms with Gasteiger partial charge in [-0.2, -0.15) is 0 Å². The molecule has 0 heterocycles. The highest BCUT2D eigenvalue weighted by molar-refractivity contribution is 6.10. The van der Waals surface area contributed by atoms with Gasteiger partial charge in [0.2, 0.25) is 11.8 Å². The summed E-state index contributed by atoms with van der Waals surface area (Å²) in [5.74, 6) is -5.62. The van der Waals surface area contributed by atoms with Gasteiger partial charge >= 0.3 is 0 Å². The zero-order chi connectivity index (χ0) is 29.4. The molecule has 0 aliphatic heterocycles. The van der Waals surface area contributed by atoms with Crippen LogP contribution in [0.1, 0.15) is 47.1 Å². The van der Waals surface area contributed by atoms with Crippen LogP contribution in [0.25, 0.3) is 0 Å². The molecule has 2 amide bonds. The summed E-state index contributed by atoms with van der Waals surface area (Å²) < 4.78 is 0. The SMILES string of the molecule is Cc1ccc(NC(=O)[C@H]2C(=O)C[C@](C)(O)[C@@H](C(=O)Nc3ccc(C)cc3C)[C@H]2c2cccc([N+](=O)[O-])c2)c(C)c1. The van der Waals surface area contributed by atoms with Crippen molar-refractivity contribution in [2.24, 2.45) is 11.8 Å². The normalized spacial score (nSPS) is 22.4. The van der Waals surface area contributed by atoms with Crippen molar-refractivity contribution in [2.75, 3.05) is 10.6 Å². The quantitative estimate of drug-likeness (QED) is 0.223. The van der Waals surface area contributed by atoms with E-state index >= 15 is 0 Å². The number of nitro benzene ring substituents is 1. The van der Waals surface area contributed by atoms with E-state index in [2.05, 4.69) is 10.6 Å². The predicted octanol–water partition coefficient (Wildman–Crippen LogP) is 5.15. The highest BCUT2D eigenvalue weighted by Gasteiger charge is 2.56. The number of carbonyl (C=O) groups excluding carboxylic acids is 3. The molecule has 3 aromatic carbocycles. The molecule has 208 valence electrons. The Morgan fingerprint density at radius 2 is 1.45 bits per heavy atom. The van der Waals surface area contributed by atoms with E-state index in [1.165, 1.54) is 25.1 Å². The number of Topliss-reactive ketones (excluding diaryl/α,β-unsaturated/α-hetero) is 1. The summed E-state index contributed by atoms with van der Waals surface area (Å²) in [5, 5.41) is 28.8. The molecule has 1 aliphatic rings. The molecule has 0 unspecified atom stereocenters. The number of anilines is 2. The number of aliphatic hydroxyl groups is 1. The van der Waals surface area contributed by atoms with Gasteiger partial charge in [-0.3, -0.25) is 24.5 Å². The Morgan fingerprint density at radius 1 is 0.900 bits per heavy atom. The molecule has 4 rings (SSSR count). The number of hydrogen-bond donors (Lipinski definition) is 3. The zero-order valence-electron chi connectivity index (χ0n) is 23.1. The molecule has 3 aromatic rings. The molecule has 0 aromatic heterocycles. The van der Waals surface area contributed by atoms with E-state index in [1.807, 2.05) is 52.0 Å². The Balaban J connectivity index is 1.82. The van der Waals surface area contributed by atoms with Crippen LogP contribution in [0.5, 0.6) is 0 Å². The molecular weight excluding hydrogens is 510 g/mol. The topological polar surface area (TPSA) is 139 Å². The molecule has 1 saturated carbocycles. The summed E-state index contributed by atoms with van der Waals surface area (Å²) in [5.41, 5.74) is 2.79. The Hall–Kier alpha value is -4.37. The first kappa shape index (κ1) is 28.6. The van der Waals surface area contributed by atoms with Crippen molar-refractivity contribution >= 4 is 34.7 Å².